The molecule has 0 unspecified atom stereocenters. The number of nitrogen functional groups attached to an aromatic ring is 1. The van der Waals surface area contributed by atoms with E-state index in [4.69, 9.17) is 5.84 Å². The van der Waals surface area contributed by atoms with E-state index >= 15 is 0 Å². The van der Waals surface area contributed by atoms with Crippen molar-refractivity contribution in [3.8, 4) is 0 Å². The maximum Gasteiger partial charge on any atom is 0.307 e. The van der Waals surface area contributed by atoms with Crippen LogP contribution in [0.5, 0.6) is 0 Å². The lowest BCUT2D eigenvalue weighted by atomic mass is 10.4. The summed E-state index contributed by atoms with van der Waals surface area (Å²) in [5, 5.41) is 0. The Labute approximate surface area is 102 Å². The van der Waals surface area contributed by atoms with E-state index in [-0.39, 0.29) is 4.87 Å². The van der Waals surface area contributed by atoms with Crippen molar-refractivity contribution >= 4 is 17.2 Å². The Morgan fingerprint density at radius 3 is 2.65 bits per heavy atom. The smallest absolute Gasteiger partial charge is 0.307 e. The van der Waals surface area contributed by atoms with Gasteiger partial charge in [0.15, 0.2) is 5.82 Å². The first-order valence-corrected chi connectivity index (χ1v) is 5.88. The number of nitrogens with zero attached hydrogens (tertiary/aromatic N) is 3. The summed E-state index contributed by atoms with van der Waals surface area (Å²) in [6, 6.07) is 0. The maximum absolute atomic E-state index is 11.7. The summed E-state index contributed by atoms with van der Waals surface area (Å²) in [5.41, 5.74) is 4.11. The van der Waals surface area contributed by atoms with Crippen molar-refractivity contribution in [2.45, 2.75) is 20.4 Å². The number of nitrogens with one attached hydrogen (secondary N) is 1. The Hall–Kier alpha value is -1.73. The Balaban J connectivity index is 2.28. The minimum absolute atomic E-state index is 0.0304. The van der Waals surface area contributed by atoms with Crippen molar-refractivity contribution in [1.82, 2.24) is 14.5 Å². The van der Waals surface area contributed by atoms with Crippen LogP contribution in [0.15, 0.2) is 17.2 Å². The zero-order valence-electron chi connectivity index (χ0n) is 9.60. The molecule has 0 saturated heterocycles. The van der Waals surface area contributed by atoms with Gasteiger partial charge in [-0.05, 0) is 13.8 Å². The predicted octanol–water partition coefficient (Wildman–Crippen LogP) is 0.651. The van der Waals surface area contributed by atoms with Crippen LogP contribution >= 0.6 is 11.3 Å². The van der Waals surface area contributed by atoms with Crippen LogP contribution in [0.2, 0.25) is 0 Å². The van der Waals surface area contributed by atoms with Gasteiger partial charge in [0.2, 0.25) is 0 Å². The molecule has 0 aliphatic carbocycles. The molecule has 0 spiro atoms. The molecule has 0 aromatic carbocycles. The number of rotatable bonds is 3. The standard InChI is InChI=1S/C10H13N5OS/c1-6-7(2)17-10(16)15(6)5-8-3-13-9(14-11)4-12-8/h3-4H,5,11H2,1-2H3,(H,13,14). The van der Waals surface area contributed by atoms with Crippen molar-refractivity contribution in [2.75, 3.05) is 5.43 Å². The second kappa shape index (κ2) is 4.64. The zero-order chi connectivity index (χ0) is 12.4. The van der Waals surface area contributed by atoms with Gasteiger partial charge in [-0.1, -0.05) is 11.3 Å². The Morgan fingerprint density at radius 1 is 1.41 bits per heavy atom. The lowest BCUT2D eigenvalue weighted by Crippen LogP contribution is -2.16. The number of anilines is 1. The molecule has 0 bridgehead atoms. The lowest BCUT2D eigenvalue weighted by Gasteiger charge is -2.04. The van der Waals surface area contributed by atoms with Gasteiger partial charge in [-0.15, -0.1) is 0 Å². The number of aromatic nitrogens is 3. The van der Waals surface area contributed by atoms with Gasteiger partial charge in [0.1, 0.15) is 0 Å². The average molecular weight is 251 g/mol. The molecule has 0 amide bonds. The fourth-order valence-corrected chi connectivity index (χ4v) is 2.27. The Morgan fingerprint density at radius 2 is 2.18 bits per heavy atom. The largest absolute Gasteiger partial charge is 0.307 e. The van der Waals surface area contributed by atoms with Gasteiger partial charge in [0.05, 0.1) is 24.6 Å². The Kier molecular flexibility index (Phi) is 3.21. The van der Waals surface area contributed by atoms with Crippen molar-refractivity contribution in [3.05, 3.63) is 38.3 Å². The number of hydrogen-bond acceptors (Lipinski definition) is 6. The third kappa shape index (κ3) is 2.34. The third-order valence-electron chi connectivity index (χ3n) is 2.55. The fourth-order valence-electron chi connectivity index (χ4n) is 1.44. The van der Waals surface area contributed by atoms with Crippen LogP contribution in [0, 0.1) is 13.8 Å². The molecule has 0 fully saturated rings. The summed E-state index contributed by atoms with van der Waals surface area (Å²) in [6.45, 7) is 4.30. The van der Waals surface area contributed by atoms with E-state index in [2.05, 4.69) is 15.4 Å². The fraction of sp³-hybridized carbons (Fsp3) is 0.300. The first-order chi connectivity index (χ1) is 8.11. The molecular weight excluding hydrogens is 238 g/mol. The zero-order valence-corrected chi connectivity index (χ0v) is 10.4. The number of hydrogen-bond donors (Lipinski definition) is 2. The average Bonchev–Trinajstić information content (AvgIpc) is 2.57. The van der Waals surface area contributed by atoms with Crippen molar-refractivity contribution in [3.63, 3.8) is 0 Å². The second-order valence-electron chi connectivity index (χ2n) is 3.63. The van der Waals surface area contributed by atoms with Crippen molar-refractivity contribution in [1.29, 1.82) is 0 Å². The Bertz CT molecular complexity index is 571. The number of nitrogens with two attached hydrogens (primary N) is 1. The molecule has 7 heteroatoms. The monoisotopic (exact) mass is 251 g/mol. The van der Waals surface area contributed by atoms with Gasteiger partial charge in [-0.25, -0.2) is 10.8 Å². The van der Waals surface area contributed by atoms with Gasteiger partial charge in [-0.3, -0.25) is 14.3 Å². The molecule has 3 N–H and O–H groups in total. The van der Waals surface area contributed by atoms with Crippen LogP contribution in [0.25, 0.3) is 0 Å². The molecule has 17 heavy (non-hydrogen) atoms. The van der Waals surface area contributed by atoms with Crippen LogP contribution in [0.4, 0.5) is 5.82 Å². The minimum atomic E-state index is 0.0304. The van der Waals surface area contributed by atoms with E-state index < -0.39 is 0 Å². The molecule has 6 nitrogen and oxygen atoms in total. The highest BCUT2D eigenvalue weighted by atomic mass is 32.1. The molecule has 0 aliphatic heterocycles. The van der Waals surface area contributed by atoms with E-state index in [1.807, 2.05) is 13.8 Å². The molecule has 2 heterocycles. The third-order valence-corrected chi connectivity index (χ3v) is 3.55. The summed E-state index contributed by atoms with van der Waals surface area (Å²) < 4.78 is 1.69. The van der Waals surface area contributed by atoms with E-state index in [0.717, 1.165) is 16.3 Å². The van der Waals surface area contributed by atoms with Crippen molar-refractivity contribution in [2.24, 2.45) is 5.84 Å². The topological polar surface area (TPSA) is 85.8 Å². The lowest BCUT2D eigenvalue weighted by molar-refractivity contribution is 0.728. The normalized spacial score (nSPS) is 10.5. The number of thiazole rings is 1. The first kappa shape index (κ1) is 11.7. The highest BCUT2D eigenvalue weighted by Gasteiger charge is 2.08. The van der Waals surface area contributed by atoms with Gasteiger partial charge >= 0.3 is 4.87 Å². The second-order valence-corrected chi connectivity index (χ2v) is 4.80. The molecular formula is C10H13N5OS. The SMILES string of the molecule is Cc1sc(=O)n(Cc2cnc(NN)cn2)c1C. The molecule has 0 aliphatic rings. The molecule has 0 radical (unpaired) electrons. The molecule has 90 valence electrons. The number of hydrazine groups is 1. The van der Waals surface area contributed by atoms with Crippen molar-refractivity contribution < 1.29 is 0 Å². The summed E-state index contributed by atoms with van der Waals surface area (Å²) in [5.74, 6) is 5.70. The quantitative estimate of drug-likeness (QED) is 0.618. The van der Waals surface area contributed by atoms with Crippen LogP contribution in [-0.4, -0.2) is 14.5 Å². The van der Waals surface area contributed by atoms with E-state index in [1.54, 1.807) is 10.8 Å². The summed E-state index contributed by atoms with van der Waals surface area (Å²) in [6.07, 6.45) is 3.14. The summed E-state index contributed by atoms with van der Waals surface area (Å²) in [7, 11) is 0. The van der Waals surface area contributed by atoms with Crippen LogP contribution in [-0.2, 0) is 6.54 Å². The first-order valence-electron chi connectivity index (χ1n) is 5.06. The van der Waals surface area contributed by atoms with Crippen LogP contribution in [0.3, 0.4) is 0 Å². The van der Waals surface area contributed by atoms with E-state index in [9.17, 15) is 4.79 Å². The predicted molar refractivity (Wildman–Crippen MR) is 67.0 cm³/mol. The van der Waals surface area contributed by atoms with Gasteiger partial charge < -0.3 is 5.43 Å². The van der Waals surface area contributed by atoms with E-state index in [0.29, 0.717) is 12.4 Å². The number of aryl methyl sites for hydroxylation is 1. The molecule has 2 rings (SSSR count). The highest BCUT2D eigenvalue weighted by molar-refractivity contribution is 7.09. The summed E-state index contributed by atoms with van der Waals surface area (Å²) >= 11 is 1.25. The van der Waals surface area contributed by atoms with Gasteiger partial charge in [0.25, 0.3) is 0 Å². The van der Waals surface area contributed by atoms with Gasteiger partial charge in [0, 0.05) is 10.6 Å². The maximum atomic E-state index is 11.7. The van der Waals surface area contributed by atoms with E-state index in [1.165, 1.54) is 17.5 Å². The summed E-state index contributed by atoms with van der Waals surface area (Å²) in [4.78, 5) is 21.0. The van der Waals surface area contributed by atoms with Crippen LogP contribution < -0.4 is 16.1 Å². The van der Waals surface area contributed by atoms with Gasteiger partial charge in [-0.2, -0.15) is 0 Å². The molecule has 2 aromatic rings. The van der Waals surface area contributed by atoms with Crippen LogP contribution in [0.1, 0.15) is 16.3 Å². The highest BCUT2D eigenvalue weighted by Crippen LogP contribution is 2.11. The molecule has 0 saturated carbocycles. The molecule has 0 atom stereocenters. The minimum Gasteiger partial charge on any atom is -0.307 e. The molecule has 2 aromatic heterocycles.